The van der Waals surface area contributed by atoms with Crippen LogP contribution in [-0.4, -0.2) is 37.1 Å². The molecule has 0 amide bonds. The molecule has 0 saturated carbocycles. The van der Waals surface area contributed by atoms with Crippen molar-refractivity contribution in [2.45, 2.75) is 141 Å². The van der Waals surface area contributed by atoms with E-state index in [9.17, 15) is 14.4 Å². The van der Waals surface area contributed by atoms with E-state index >= 15 is 0 Å². The van der Waals surface area contributed by atoms with Gasteiger partial charge in [-0.1, -0.05) is 97.0 Å². The molecule has 0 aliphatic rings. The van der Waals surface area contributed by atoms with Crippen LogP contribution in [0.5, 0.6) is 0 Å². The van der Waals surface area contributed by atoms with E-state index in [1.54, 1.807) is 0 Å². The Kier molecular flexibility index (Phi) is 3.21. The quantitative estimate of drug-likeness (QED) is 0.106. The lowest BCUT2D eigenvalue weighted by Gasteiger charge is -2.18. The third-order valence-corrected chi connectivity index (χ3v) is 1.91. The van der Waals surface area contributed by atoms with Crippen LogP contribution in [0, 0.1) is 0 Å². The van der Waals surface area contributed by atoms with Crippen LogP contribution >= 0.6 is 0 Å². The van der Waals surface area contributed by atoms with Crippen LogP contribution < -0.4 is 0 Å². The van der Waals surface area contributed by atoms with Crippen molar-refractivity contribution in [3.63, 3.8) is 0 Å². The molecule has 33 heavy (non-hydrogen) atoms. The highest BCUT2D eigenvalue weighted by molar-refractivity contribution is 5.71. The second-order valence-corrected chi connectivity index (χ2v) is 3.95. The average molecular weight is 521 g/mol. The Balaban J connectivity index is 8.80. The first-order valence-electron chi connectivity index (χ1n) is 32.6. The normalized spacial score (nSPS) is 43.5. The van der Waals surface area contributed by atoms with E-state index in [1.807, 2.05) is 0 Å². The molecule has 0 spiro atoms. The van der Waals surface area contributed by atoms with Crippen LogP contribution in [0.25, 0.3) is 0 Å². The summed E-state index contributed by atoms with van der Waals surface area (Å²) in [5, 5.41) is 0. The summed E-state index contributed by atoms with van der Waals surface area (Å²) in [7, 11) is 0. The molecule has 6 nitrogen and oxygen atoms in total. The molecule has 0 atom stereocenters. The van der Waals surface area contributed by atoms with Crippen molar-refractivity contribution in [1.29, 1.82) is 0 Å². The summed E-state index contributed by atoms with van der Waals surface area (Å²) in [6, 6.07) is 0. The van der Waals surface area contributed by atoms with Gasteiger partial charge in [0.15, 0.2) is 6.08 Å². The van der Waals surface area contributed by atoms with Crippen molar-refractivity contribution in [2.75, 3.05) is 13.1 Å². The lowest BCUT2D eigenvalue weighted by atomic mass is 10.1. The van der Waals surface area contributed by atoms with Crippen LogP contribution in [0.1, 0.15) is 204 Å². The molecule has 0 fully saturated rings. The molecule has 0 radical (unpaired) electrons. The third-order valence-electron chi connectivity index (χ3n) is 1.91. The van der Waals surface area contributed by atoms with E-state index in [0.29, 0.717) is 0 Å². The van der Waals surface area contributed by atoms with Gasteiger partial charge >= 0.3 is 17.9 Å². The van der Waals surface area contributed by atoms with Crippen LogP contribution in [0.15, 0.2) is 0 Å². The summed E-state index contributed by atoms with van der Waals surface area (Å²) in [6.07, 6.45) is -97.8. The van der Waals surface area contributed by atoms with Gasteiger partial charge in [-0.05, 0) is 19.1 Å². The van der Waals surface area contributed by atoms with Crippen molar-refractivity contribution in [2.24, 2.45) is 0 Å². The first-order chi connectivity index (χ1) is 34.9. The maximum atomic E-state index is 13.9. The fourth-order valence-electron chi connectivity index (χ4n) is 0.945. The zero-order chi connectivity index (χ0) is 68.9. The van der Waals surface area contributed by atoms with E-state index in [-0.39, 0.29) is 0 Å². The average Bonchev–Trinajstić information content (AvgIpc) is 3.23. The van der Waals surface area contributed by atoms with Crippen LogP contribution in [0.4, 0.5) is 0 Å². The predicted molar refractivity (Wildman–Crippen MR) is 132 cm³/mol. The Morgan fingerprint density at radius 3 is 1.36 bits per heavy atom. The monoisotopic (exact) mass is 521 g/mol. The number of hydrogen-bond donors (Lipinski definition) is 0. The summed E-state index contributed by atoms with van der Waals surface area (Å²) in [5.41, 5.74) is 0. The summed E-state index contributed by atoms with van der Waals surface area (Å²) in [4.78, 5) is 41.2. The number of rotatable bonds is 23. The summed E-state index contributed by atoms with van der Waals surface area (Å²) in [5.74, 6) is -10.9. The zero-order valence-corrected chi connectivity index (χ0v) is 15.9. The van der Waals surface area contributed by atoms with Crippen molar-refractivity contribution in [3.8, 4) is 0 Å². The second-order valence-electron chi connectivity index (χ2n) is 3.95. The fourth-order valence-corrected chi connectivity index (χ4v) is 0.945. The lowest BCUT2D eigenvalue weighted by molar-refractivity contribution is -0.167. The molecule has 6 heteroatoms. The van der Waals surface area contributed by atoms with Gasteiger partial charge in [0, 0.05) is 80.8 Å². The highest BCUT2D eigenvalue weighted by atomic mass is 16.6. The standard InChI is InChI=1S/C27H50O6/c1-4-7-10-13-16-19-25(28)31-22-24(33-27(30)21-18-15-12-9-6-3)23-32-26(29)20-17-14-11-8-5-2/h24H,4-23H2,1-3H3/i1D3,2D3,3D3,4D2,5D2,6D2,7D2,8D2,9D2,10D2,11D2,12D2,13D2,14D2,15D2,16D2,17D2,18D2,19D2,20D2,21D2,22D2,23D2,24D. The van der Waals surface area contributed by atoms with Gasteiger partial charge in [-0.2, -0.15) is 0 Å². The molecule has 0 aliphatic heterocycles. The van der Waals surface area contributed by atoms with Gasteiger partial charge in [0.1, 0.15) is 13.1 Å². The number of hydrogen-bond acceptors (Lipinski definition) is 6. The minimum absolute atomic E-state index is 3.59. The van der Waals surface area contributed by atoms with Crippen molar-refractivity contribution >= 4 is 17.9 Å². The first kappa shape index (κ1) is 4.49. The van der Waals surface area contributed by atoms with E-state index < -0.39 is 172 Å². The SMILES string of the molecule is [2H]C([2H])([2H])C([2H])([2H])C([2H])([2H])C([2H])([2H])C([2H])([2H])C([2H])([2H])C([2H])([2H])C(=O)OC([2H])([2H])C([2H])(OC(=O)C([2H])([2H])C([2H])([2H])C([2H])([2H])C([2H])([2H])C([2H])([2H])C([2H])([2H])C([2H])([2H])[2H])C([2H])([2H])OC(=O)C([2H])([2H])C([2H])([2H])C([2H])([2H])C([2H])([2H])C([2H])([2H])C([2H])([2H])C([2H])([2H])[2H]. The minimum Gasteiger partial charge on any atom is -0.462 e. The molecule has 0 rings (SSSR count). The molecular weight excluding hydrogens is 420 g/mol. The first-order valence-corrected chi connectivity index (χ1v) is 7.59. The zero-order valence-electron chi connectivity index (χ0n) is 65.9. The Hall–Kier alpha value is -1.59. The Morgan fingerprint density at radius 1 is 0.606 bits per heavy atom. The maximum absolute atomic E-state index is 13.9. The molecule has 194 valence electrons. The molecule has 0 aromatic heterocycles. The van der Waals surface area contributed by atoms with E-state index in [0.717, 1.165) is 0 Å². The Morgan fingerprint density at radius 2 is 0.970 bits per heavy atom. The molecule has 0 aliphatic carbocycles. The Bertz CT molecular complexity index is 2300. The van der Waals surface area contributed by atoms with Crippen molar-refractivity contribution in [1.82, 2.24) is 0 Å². The second kappa shape index (κ2) is 23.6. The molecule has 0 aromatic carbocycles. The van der Waals surface area contributed by atoms with Crippen molar-refractivity contribution < 1.29 is 97.1 Å². The summed E-state index contributed by atoms with van der Waals surface area (Å²) >= 11 is 0. The number of esters is 3. The molecule has 0 N–H and O–H groups in total. The molecule has 0 heterocycles. The maximum Gasteiger partial charge on any atom is 0.306 e. The highest BCUT2D eigenvalue weighted by Crippen LogP contribution is 2.10. The van der Waals surface area contributed by atoms with Gasteiger partial charge in [0.05, 0.1) is 6.85 Å². The predicted octanol–water partition coefficient (Wildman–Crippen LogP) is 7.07. The number of carbonyl (C=O) groups excluding carboxylic acids is 3. The molecular formula is C27H50O6. The van der Waals surface area contributed by atoms with Crippen LogP contribution in [-0.2, 0) is 28.6 Å². The fraction of sp³-hybridized carbons (Fsp3) is 0.889. The van der Waals surface area contributed by atoms with Gasteiger partial charge in [0.25, 0.3) is 0 Å². The van der Waals surface area contributed by atoms with E-state index in [1.165, 1.54) is 0 Å². The van der Waals surface area contributed by atoms with Crippen molar-refractivity contribution in [3.05, 3.63) is 0 Å². The van der Waals surface area contributed by atoms with E-state index in [2.05, 4.69) is 14.2 Å². The van der Waals surface area contributed by atoms with Gasteiger partial charge in [-0.3, -0.25) is 14.4 Å². The van der Waals surface area contributed by atoms with Gasteiger partial charge in [0.2, 0.25) is 0 Å². The Labute approximate surface area is 272 Å². The molecule has 0 unspecified atom stereocenters. The van der Waals surface area contributed by atoms with Gasteiger partial charge in [-0.15, -0.1) is 0 Å². The van der Waals surface area contributed by atoms with E-state index in [4.69, 9.17) is 68.5 Å². The minimum atomic E-state index is -5.95. The highest BCUT2D eigenvalue weighted by Gasteiger charge is 2.19. The third kappa shape index (κ3) is 22.0. The molecule has 0 saturated heterocycles. The van der Waals surface area contributed by atoms with Crippen LogP contribution in [0.3, 0.4) is 0 Å². The molecule has 0 aromatic rings. The topological polar surface area (TPSA) is 78.9 Å². The van der Waals surface area contributed by atoms with Gasteiger partial charge < -0.3 is 14.2 Å². The smallest absolute Gasteiger partial charge is 0.306 e. The summed E-state index contributed by atoms with van der Waals surface area (Å²) < 4.78 is 408. The lowest BCUT2D eigenvalue weighted by Crippen LogP contribution is -2.30. The largest absolute Gasteiger partial charge is 0.462 e. The van der Waals surface area contributed by atoms with Gasteiger partial charge in [-0.25, -0.2) is 0 Å². The van der Waals surface area contributed by atoms with Crippen LogP contribution in [0.2, 0.25) is 0 Å². The number of ether oxygens (including phenoxy) is 3. The molecule has 0 bridgehead atoms. The number of carbonyl (C=O) groups is 3. The summed E-state index contributed by atoms with van der Waals surface area (Å²) in [6.45, 7) is -24.4.